The van der Waals surface area contributed by atoms with Gasteiger partial charge in [-0.3, -0.25) is 9.69 Å². The normalized spacial score (nSPS) is 21.4. The molecule has 0 radical (unpaired) electrons. The number of fused-ring (bicyclic) bond motifs is 1. The molecule has 4 heterocycles. The molecule has 0 saturated carbocycles. The van der Waals surface area contributed by atoms with Crippen LogP contribution in [0.3, 0.4) is 0 Å². The van der Waals surface area contributed by atoms with Gasteiger partial charge in [0.05, 0.1) is 16.5 Å². The Kier molecular flexibility index (Phi) is 5.92. The van der Waals surface area contributed by atoms with E-state index in [2.05, 4.69) is 21.3 Å². The summed E-state index contributed by atoms with van der Waals surface area (Å²) in [6.45, 7) is 6.69. The number of nitrogens with zero attached hydrogens (tertiary/aromatic N) is 3. The maximum atomic E-state index is 12.8. The molecule has 0 unspecified atom stereocenters. The third kappa shape index (κ3) is 4.33. The molecule has 9 heteroatoms. The molecule has 2 aliphatic rings. The fourth-order valence-corrected chi connectivity index (χ4v) is 6.26. The Hall–Kier alpha value is -1.55. The number of hydrogen-bond acceptors (Lipinski definition) is 6. The number of aromatic nitrogens is 2. The predicted octanol–water partition coefficient (Wildman–Crippen LogP) is 2.31. The average molecular weight is 437 g/mol. The second-order valence-corrected chi connectivity index (χ2v) is 11.7. The highest BCUT2D eigenvalue weighted by Gasteiger charge is 2.33. The summed E-state index contributed by atoms with van der Waals surface area (Å²) in [5.74, 6) is 0.587. The highest BCUT2D eigenvalue weighted by molar-refractivity contribution is 7.89. The lowest BCUT2D eigenvalue weighted by Crippen LogP contribution is -2.43. The Morgan fingerprint density at radius 3 is 2.90 bits per heavy atom. The van der Waals surface area contributed by atoms with E-state index in [1.165, 1.54) is 4.88 Å². The molecular weight excluding hydrogens is 408 g/mol. The number of aromatic amines is 1. The van der Waals surface area contributed by atoms with Gasteiger partial charge in [-0.2, -0.15) is 0 Å². The molecule has 1 saturated heterocycles. The molecule has 29 heavy (non-hydrogen) atoms. The van der Waals surface area contributed by atoms with Gasteiger partial charge in [-0.05, 0) is 38.1 Å². The van der Waals surface area contributed by atoms with Crippen molar-refractivity contribution >= 4 is 21.4 Å². The second-order valence-electron chi connectivity index (χ2n) is 8.21. The number of piperidine rings is 1. The van der Waals surface area contributed by atoms with Crippen LogP contribution < -0.4 is 5.56 Å². The van der Waals surface area contributed by atoms with E-state index in [-0.39, 0.29) is 11.5 Å². The van der Waals surface area contributed by atoms with Crippen LogP contribution in [-0.2, 0) is 29.5 Å². The van der Waals surface area contributed by atoms with Crippen molar-refractivity contribution < 1.29 is 8.42 Å². The molecule has 0 spiro atoms. The number of hydrogen-bond donors (Lipinski definition) is 1. The largest absolute Gasteiger partial charge is 0.310 e. The summed E-state index contributed by atoms with van der Waals surface area (Å²) >= 11 is 1.73. The number of H-pyrrole nitrogens is 1. The van der Waals surface area contributed by atoms with Crippen molar-refractivity contribution in [3.05, 3.63) is 49.8 Å². The predicted molar refractivity (Wildman–Crippen MR) is 115 cm³/mol. The Morgan fingerprint density at radius 1 is 1.34 bits per heavy atom. The summed E-state index contributed by atoms with van der Waals surface area (Å²) in [5, 5.41) is 1.63. The van der Waals surface area contributed by atoms with Crippen LogP contribution in [0, 0.1) is 0 Å². The molecule has 2 aliphatic heterocycles. The molecule has 158 valence electrons. The number of nitrogens with one attached hydrogen (secondary N) is 1. The fourth-order valence-electron chi connectivity index (χ4n) is 4.15. The maximum absolute atomic E-state index is 12.8. The third-order valence-corrected chi connectivity index (χ3v) is 8.96. The molecular formula is C20H28N4O3S2. The number of sulfonamides is 1. The Balaban J connectivity index is 1.52. The quantitative estimate of drug-likeness (QED) is 0.777. The van der Waals surface area contributed by atoms with E-state index in [9.17, 15) is 13.2 Å². The second kappa shape index (κ2) is 8.29. The minimum absolute atomic E-state index is 0.0561. The van der Waals surface area contributed by atoms with Crippen molar-refractivity contribution in [3.63, 3.8) is 0 Å². The minimum Gasteiger partial charge on any atom is -0.310 e. The summed E-state index contributed by atoms with van der Waals surface area (Å²) < 4.78 is 26.7. The van der Waals surface area contributed by atoms with E-state index < -0.39 is 15.3 Å². The van der Waals surface area contributed by atoms with Crippen LogP contribution in [0.15, 0.2) is 22.3 Å². The zero-order valence-electron chi connectivity index (χ0n) is 16.9. The van der Waals surface area contributed by atoms with Crippen LogP contribution in [0.5, 0.6) is 0 Å². The first-order valence-electron chi connectivity index (χ1n) is 10.2. The van der Waals surface area contributed by atoms with E-state index in [0.717, 1.165) is 43.6 Å². The van der Waals surface area contributed by atoms with Crippen LogP contribution in [-0.4, -0.2) is 52.5 Å². The highest BCUT2D eigenvalue weighted by atomic mass is 32.2. The van der Waals surface area contributed by atoms with Crippen molar-refractivity contribution in [2.45, 2.75) is 57.4 Å². The van der Waals surface area contributed by atoms with Gasteiger partial charge < -0.3 is 4.98 Å². The van der Waals surface area contributed by atoms with Gasteiger partial charge in [-0.1, -0.05) is 6.07 Å². The molecule has 0 bridgehead atoms. The molecule has 0 amide bonds. The third-order valence-electron chi connectivity index (χ3n) is 5.85. The van der Waals surface area contributed by atoms with Crippen molar-refractivity contribution in [2.75, 3.05) is 19.6 Å². The van der Waals surface area contributed by atoms with Gasteiger partial charge in [-0.15, -0.1) is 11.3 Å². The van der Waals surface area contributed by atoms with Gasteiger partial charge in [0.1, 0.15) is 5.82 Å². The van der Waals surface area contributed by atoms with Crippen molar-refractivity contribution in [1.82, 2.24) is 19.2 Å². The Morgan fingerprint density at radius 2 is 2.17 bits per heavy atom. The summed E-state index contributed by atoms with van der Waals surface area (Å²) in [6.07, 6.45) is 2.38. The molecule has 4 rings (SSSR count). The zero-order chi connectivity index (χ0) is 20.6. The molecule has 7 nitrogen and oxygen atoms in total. The van der Waals surface area contributed by atoms with Crippen LogP contribution in [0.4, 0.5) is 0 Å². The summed E-state index contributed by atoms with van der Waals surface area (Å²) in [6, 6.07) is 4.16. The average Bonchev–Trinajstić information content (AvgIpc) is 3.21. The Bertz CT molecular complexity index is 1010. The smallest absolute Gasteiger partial charge is 0.255 e. The Labute approximate surface area is 175 Å². The van der Waals surface area contributed by atoms with Gasteiger partial charge in [0, 0.05) is 49.9 Å². The summed E-state index contributed by atoms with van der Waals surface area (Å²) in [7, 11) is -3.29. The first-order valence-corrected chi connectivity index (χ1v) is 12.6. The van der Waals surface area contributed by atoms with Gasteiger partial charge in [0.2, 0.25) is 10.0 Å². The molecule has 1 fully saturated rings. The summed E-state index contributed by atoms with van der Waals surface area (Å²) in [4.78, 5) is 24.1. The van der Waals surface area contributed by atoms with Gasteiger partial charge in [-0.25, -0.2) is 17.7 Å². The lowest BCUT2D eigenvalue weighted by molar-refractivity contribution is 0.242. The van der Waals surface area contributed by atoms with E-state index in [1.807, 2.05) is 6.07 Å². The zero-order valence-corrected chi connectivity index (χ0v) is 18.6. The first-order chi connectivity index (χ1) is 13.8. The molecule has 2 aromatic rings. The molecule has 0 aromatic carbocycles. The molecule has 1 N–H and O–H groups in total. The lowest BCUT2D eigenvalue weighted by Gasteiger charge is -2.33. The SMILES string of the molecule is CC(C)S(=O)(=O)N1CCC[C@@H](c2nc3c(c(=O)[nH]2)CN(Cc2cccs2)CC3)C1. The van der Waals surface area contributed by atoms with E-state index in [0.29, 0.717) is 25.5 Å². The van der Waals surface area contributed by atoms with E-state index >= 15 is 0 Å². The maximum Gasteiger partial charge on any atom is 0.255 e. The minimum atomic E-state index is -3.29. The molecule has 1 atom stereocenters. The van der Waals surface area contributed by atoms with E-state index in [1.54, 1.807) is 29.5 Å². The van der Waals surface area contributed by atoms with Crippen LogP contribution in [0.25, 0.3) is 0 Å². The first kappa shape index (κ1) is 20.7. The van der Waals surface area contributed by atoms with Crippen molar-refractivity contribution in [1.29, 1.82) is 0 Å². The van der Waals surface area contributed by atoms with Crippen LogP contribution in [0.1, 0.15) is 54.6 Å². The molecule has 2 aromatic heterocycles. The standard InChI is InChI=1S/C20H28N4O3S2/c1-14(2)29(26,27)24-8-3-5-15(11-24)19-21-18-7-9-23(12-16-6-4-10-28-16)13-17(18)20(25)22-19/h4,6,10,14-15H,3,5,7-9,11-13H2,1-2H3,(H,21,22,25)/t15-/m1/s1. The monoisotopic (exact) mass is 436 g/mol. The van der Waals surface area contributed by atoms with Crippen LogP contribution >= 0.6 is 11.3 Å². The number of thiophene rings is 1. The van der Waals surface area contributed by atoms with Crippen molar-refractivity contribution in [3.8, 4) is 0 Å². The molecule has 0 aliphatic carbocycles. The lowest BCUT2D eigenvalue weighted by atomic mass is 9.98. The van der Waals surface area contributed by atoms with Gasteiger partial charge in [0.25, 0.3) is 5.56 Å². The van der Waals surface area contributed by atoms with E-state index in [4.69, 9.17) is 4.98 Å². The number of rotatable bonds is 5. The topological polar surface area (TPSA) is 86.4 Å². The van der Waals surface area contributed by atoms with Crippen molar-refractivity contribution in [2.24, 2.45) is 0 Å². The van der Waals surface area contributed by atoms with Gasteiger partial charge >= 0.3 is 0 Å². The van der Waals surface area contributed by atoms with Crippen LogP contribution in [0.2, 0.25) is 0 Å². The van der Waals surface area contributed by atoms with Gasteiger partial charge in [0.15, 0.2) is 0 Å². The fraction of sp³-hybridized carbons (Fsp3) is 0.600. The summed E-state index contributed by atoms with van der Waals surface area (Å²) in [5.41, 5.74) is 1.54. The highest BCUT2D eigenvalue weighted by Crippen LogP contribution is 2.28.